The number of para-hydroxylation sites is 1. The van der Waals surface area contributed by atoms with Crippen molar-refractivity contribution >= 4 is 40.3 Å². The van der Waals surface area contributed by atoms with Gasteiger partial charge in [-0.1, -0.05) is 25.1 Å². The Hall–Kier alpha value is -3.11. The molecule has 1 heterocycles. The molecule has 3 N–H and O–H groups in total. The number of anilines is 3. The third kappa shape index (κ3) is 5.38. The molecule has 1 unspecified atom stereocenters. The number of nitrogens with zero attached hydrogens (tertiary/aromatic N) is 2. The zero-order chi connectivity index (χ0) is 23.3. The number of carboxylic acid groups (broad SMARTS) is 1. The SMILES string of the molecule is CCC(=O)N1c2ccccc2[C@H](Nc2ccc(N(CCNC(=O)O)S(=O)[O-])cc2)C[C@@H]1C. The number of benzene rings is 2. The maximum absolute atomic E-state index is 12.5. The molecule has 0 aromatic heterocycles. The van der Waals surface area contributed by atoms with Crippen LogP contribution in [0.15, 0.2) is 48.5 Å². The Balaban J connectivity index is 1.76. The highest BCUT2D eigenvalue weighted by molar-refractivity contribution is 7.80. The highest BCUT2D eigenvalue weighted by Crippen LogP contribution is 2.39. The summed E-state index contributed by atoms with van der Waals surface area (Å²) in [6, 6.07) is 14.8. The average molecular weight is 460 g/mol. The van der Waals surface area contributed by atoms with E-state index in [9.17, 15) is 18.4 Å². The Labute approximate surface area is 189 Å². The predicted octanol–water partition coefficient (Wildman–Crippen LogP) is 3.24. The molecule has 0 aliphatic carbocycles. The second kappa shape index (κ2) is 10.5. The first-order valence-corrected chi connectivity index (χ1v) is 11.5. The summed E-state index contributed by atoms with van der Waals surface area (Å²) >= 11 is -2.53. The lowest BCUT2D eigenvalue weighted by molar-refractivity contribution is -0.118. The van der Waals surface area contributed by atoms with E-state index in [0.29, 0.717) is 12.1 Å². The minimum Gasteiger partial charge on any atom is -0.755 e. The Morgan fingerprint density at radius 3 is 2.53 bits per heavy atom. The van der Waals surface area contributed by atoms with Crippen LogP contribution >= 0.6 is 0 Å². The molecular weight excluding hydrogens is 432 g/mol. The monoisotopic (exact) mass is 459 g/mol. The molecule has 1 aliphatic heterocycles. The van der Waals surface area contributed by atoms with Crippen LogP contribution in [0, 0.1) is 0 Å². The van der Waals surface area contributed by atoms with Crippen molar-refractivity contribution in [2.75, 3.05) is 27.6 Å². The Bertz CT molecular complexity index is 985. The van der Waals surface area contributed by atoms with Crippen LogP contribution in [-0.2, 0) is 16.1 Å². The van der Waals surface area contributed by atoms with E-state index in [1.807, 2.05) is 43.0 Å². The largest absolute Gasteiger partial charge is 0.755 e. The Kier molecular flexibility index (Phi) is 7.70. The molecule has 3 atom stereocenters. The molecule has 2 aromatic carbocycles. The zero-order valence-electron chi connectivity index (χ0n) is 18.0. The first-order valence-electron chi connectivity index (χ1n) is 10.4. The van der Waals surface area contributed by atoms with E-state index in [2.05, 4.69) is 10.6 Å². The van der Waals surface area contributed by atoms with E-state index in [1.54, 1.807) is 24.3 Å². The van der Waals surface area contributed by atoms with Gasteiger partial charge in [-0.3, -0.25) is 9.00 Å². The van der Waals surface area contributed by atoms with Crippen molar-refractivity contribution in [1.29, 1.82) is 0 Å². The summed E-state index contributed by atoms with van der Waals surface area (Å²) < 4.78 is 24.2. The highest BCUT2D eigenvalue weighted by Gasteiger charge is 2.32. The van der Waals surface area contributed by atoms with Gasteiger partial charge in [-0.15, -0.1) is 0 Å². The van der Waals surface area contributed by atoms with Crippen molar-refractivity contribution in [2.24, 2.45) is 0 Å². The van der Waals surface area contributed by atoms with E-state index in [0.717, 1.165) is 27.7 Å². The van der Waals surface area contributed by atoms with Crippen LogP contribution in [0.3, 0.4) is 0 Å². The van der Waals surface area contributed by atoms with Crippen LogP contribution < -0.4 is 19.8 Å². The summed E-state index contributed by atoms with van der Waals surface area (Å²) in [4.78, 5) is 24.9. The number of nitrogens with one attached hydrogen (secondary N) is 2. The first kappa shape index (κ1) is 23.6. The molecule has 10 heteroatoms. The van der Waals surface area contributed by atoms with Gasteiger partial charge in [0.05, 0.1) is 6.04 Å². The third-order valence-electron chi connectivity index (χ3n) is 5.43. The first-order chi connectivity index (χ1) is 15.3. The fraction of sp³-hybridized carbons (Fsp3) is 0.364. The number of fused-ring (bicyclic) bond motifs is 1. The fourth-order valence-electron chi connectivity index (χ4n) is 3.98. The third-order valence-corrected chi connectivity index (χ3v) is 6.18. The molecule has 0 radical (unpaired) electrons. The van der Waals surface area contributed by atoms with Crippen LogP contribution in [-0.4, -0.2) is 45.0 Å². The van der Waals surface area contributed by atoms with Crippen LogP contribution in [0.25, 0.3) is 0 Å². The number of hydrogen-bond acceptors (Lipinski definition) is 5. The second-order valence-corrected chi connectivity index (χ2v) is 8.43. The summed E-state index contributed by atoms with van der Waals surface area (Å²) in [5, 5.41) is 14.3. The van der Waals surface area contributed by atoms with Gasteiger partial charge in [0.15, 0.2) is 0 Å². The number of amides is 2. The molecule has 172 valence electrons. The minimum atomic E-state index is -2.53. The van der Waals surface area contributed by atoms with Crippen molar-refractivity contribution in [3.8, 4) is 0 Å². The standard InChI is InChI=1S/C22H28N4O5S/c1-3-21(27)26-15(2)14-19(18-6-4-5-7-20(18)26)24-16-8-10-17(11-9-16)25(32(30)31)13-12-23-22(28)29/h4-11,15,19,23-24H,3,12-14H2,1-2H3,(H,28,29)(H,30,31)/p-1/t15-,19+/m0/s1. The lowest BCUT2D eigenvalue weighted by atomic mass is 9.91. The van der Waals surface area contributed by atoms with E-state index >= 15 is 0 Å². The number of carbonyl (C=O) groups excluding carboxylic acids is 1. The zero-order valence-corrected chi connectivity index (χ0v) is 18.8. The van der Waals surface area contributed by atoms with Gasteiger partial charge in [0.25, 0.3) is 0 Å². The quantitative estimate of drug-likeness (QED) is 0.521. The molecule has 0 saturated carbocycles. The van der Waals surface area contributed by atoms with Gasteiger partial charge >= 0.3 is 6.09 Å². The van der Waals surface area contributed by atoms with E-state index in [-0.39, 0.29) is 31.1 Å². The van der Waals surface area contributed by atoms with Gasteiger partial charge in [-0.05, 0) is 49.2 Å². The van der Waals surface area contributed by atoms with Crippen LogP contribution in [0.2, 0.25) is 0 Å². The summed E-state index contributed by atoms with van der Waals surface area (Å²) in [6.45, 7) is 3.87. The molecule has 32 heavy (non-hydrogen) atoms. The fourth-order valence-corrected chi connectivity index (χ4v) is 4.51. The molecule has 2 aromatic rings. The maximum atomic E-state index is 12.5. The number of carbonyl (C=O) groups is 2. The predicted molar refractivity (Wildman–Crippen MR) is 123 cm³/mol. The van der Waals surface area contributed by atoms with Gasteiger partial charge in [0.2, 0.25) is 5.91 Å². The van der Waals surface area contributed by atoms with Gasteiger partial charge in [0, 0.05) is 53.9 Å². The van der Waals surface area contributed by atoms with E-state index < -0.39 is 17.4 Å². The topological polar surface area (TPSA) is 125 Å². The summed E-state index contributed by atoms with van der Waals surface area (Å²) in [5.41, 5.74) is 3.20. The van der Waals surface area contributed by atoms with Crippen molar-refractivity contribution in [3.63, 3.8) is 0 Å². The van der Waals surface area contributed by atoms with Crippen molar-refractivity contribution in [3.05, 3.63) is 54.1 Å². The normalized spacial score (nSPS) is 18.4. The van der Waals surface area contributed by atoms with E-state index in [1.165, 1.54) is 0 Å². The average Bonchev–Trinajstić information content (AvgIpc) is 2.77. The van der Waals surface area contributed by atoms with Gasteiger partial charge < -0.3 is 29.5 Å². The molecule has 3 rings (SSSR count). The van der Waals surface area contributed by atoms with Gasteiger partial charge in [-0.25, -0.2) is 4.79 Å². The van der Waals surface area contributed by atoms with Crippen LogP contribution in [0.5, 0.6) is 0 Å². The highest BCUT2D eigenvalue weighted by atomic mass is 32.2. The van der Waals surface area contributed by atoms with Crippen molar-refractivity contribution in [2.45, 2.75) is 38.8 Å². The smallest absolute Gasteiger partial charge is 0.404 e. The maximum Gasteiger partial charge on any atom is 0.404 e. The lowest BCUT2D eigenvalue weighted by Gasteiger charge is -2.40. The summed E-state index contributed by atoms with van der Waals surface area (Å²) in [7, 11) is 0. The molecule has 0 saturated heterocycles. The molecule has 1 aliphatic rings. The van der Waals surface area contributed by atoms with E-state index in [4.69, 9.17) is 5.11 Å². The van der Waals surface area contributed by atoms with Crippen molar-refractivity contribution < 1.29 is 23.5 Å². The molecule has 9 nitrogen and oxygen atoms in total. The molecule has 0 spiro atoms. The minimum absolute atomic E-state index is 0.00235. The van der Waals surface area contributed by atoms with Crippen molar-refractivity contribution in [1.82, 2.24) is 5.32 Å². The molecule has 0 bridgehead atoms. The molecule has 0 fully saturated rings. The molecular formula is C22H27N4O5S-. The summed E-state index contributed by atoms with van der Waals surface area (Å²) in [5.74, 6) is 0.0934. The second-order valence-electron chi connectivity index (χ2n) is 7.56. The van der Waals surface area contributed by atoms with Gasteiger partial charge in [-0.2, -0.15) is 0 Å². The van der Waals surface area contributed by atoms with Crippen LogP contribution in [0.1, 0.15) is 38.3 Å². The number of rotatable bonds is 8. The molecule has 2 amide bonds. The Morgan fingerprint density at radius 2 is 1.91 bits per heavy atom. The van der Waals surface area contributed by atoms with Gasteiger partial charge in [0.1, 0.15) is 0 Å². The van der Waals surface area contributed by atoms with Crippen LogP contribution in [0.4, 0.5) is 21.9 Å². The lowest BCUT2D eigenvalue weighted by Crippen LogP contribution is -2.44. The number of hydrogen-bond donors (Lipinski definition) is 3. The Morgan fingerprint density at radius 1 is 1.22 bits per heavy atom. The summed E-state index contributed by atoms with van der Waals surface area (Å²) in [6.07, 6.45) is -0.0257.